The lowest BCUT2D eigenvalue weighted by Crippen LogP contribution is -2.32. The van der Waals surface area contributed by atoms with Crippen LogP contribution >= 0.6 is 11.6 Å². The highest BCUT2D eigenvalue weighted by Gasteiger charge is 2.13. The average Bonchev–Trinajstić information content (AvgIpc) is 2.59. The Balaban J connectivity index is 1.92. The SMILES string of the molecule is CCOc1ccc(/C=N\NC(=O)C(=O)Nc2ccccc2C)cc1Cl. The van der Waals surface area contributed by atoms with E-state index in [0.29, 0.717) is 28.6 Å². The summed E-state index contributed by atoms with van der Waals surface area (Å²) in [6.07, 6.45) is 1.39. The molecule has 25 heavy (non-hydrogen) atoms. The van der Waals surface area contributed by atoms with Crippen LogP contribution in [0, 0.1) is 6.92 Å². The number of carbonyl (C=O) groups is 2. The van der Waals surface area contributed by atoms with Crippen molar-refractivity contribution in [1.82, 2.24) is 5.43 Å². The van der Waals surface area contributed by atoms with Crippen molar-refractivity contribution in [1.29, 1.82) is 0 Å². The van der Waals surface area contributed by atoms with Crippen molar-refractivity contribution in [3.05, 3.63) is 58.6 Å². The maximum Gasteiger partial charge on any atom is 0.329 e. The molecule has 0 heterocycles. The van der Waals surface area contributed by atoms with Gasteiger partial charge in [0.1, 0.15) is 5.75 Å². The van der Waals surface area contributed by atoms with Crippen molar-refractivity contribution < 1.29 is 14.3 Å². The van der Waals surface area contributed by atoms with Gasteiger partial charge in [-0.15, -0.1) is 0 Å². The van der Waals surface area contributed by atoms with Crippen molar-refractivity contribution in [3.63, 3.8) is 0 Å². The van der Waals surface area contributed by atoms with E-state index in [4.69, 9.17) is 16.3 Å². The van der Waals surface area contributed by atoms with Gasteiger partial charge in [-0.25, -0.2) is 5.43 Å². The van der Waals surface area contributed by atoms with Crippen LogP contribution in [0.15, 0.2) is 47.6 Å². The fraction of sp³-hybridized carbons (Fsp3) is 0.167. The molecule has 2 aromatic rings. The van der Waals surface area contributed by atoms with Crippen molar-refractivity contribution in [2.24, 2.45) is 5.10 Å². The van der Waals surface area contributed by atoms with Crippen molar-refractivity contribution in [2.75, 3.05) is 11.9 Å². The molecule has 2 aromatic carbocycles. The number of carbonyl (C=O) groups excluding carboxylic acids is 2. The number of hydrogen-bond acceptors (Lipinski definition) is 4. The molecule has 0 unspecified atom stereocenters. The summed E-state index contributed by atoms with van der Waals surface area (Å²) in [6.45, 7) is 4.21. The summed E-state index contributed by atoms with van der Waals surface area (Å²) in [4.78, 5) is 23.6. The number of benzene rings is 2. The Bertz CT molecular complexity index is 806. The van der Waals surface area contributed by atoms with Gasteiger partial charge in [-0.1, -0.05) is 29.8 Å². The number of rotatable bonds is 5. The fourth-order valence-corrected chi connectivity index (χ4v) is 2.22. The van der Waals surface area contributed by atoms with Gasteiger partial charge in [0, 0.05) is 5.69 Å². The first-order valence-electron chi connectivity index (χ1n) is 7.63. The maximum atomic E-state index is 11.8. The lowest BCUT2D eigenvalue weighted by molar-refractivity contribution is -0.136. The maximum absolute atomic E-state index is 11.8. The third-order valence-electron chi connectivity index (χ3n) is 3.23. The molecule has 0 fully saturated rings. The lowest BCUT2D eigenvalue weighted by Gasteiger charge is -2.07. The number of anilines is 1. The quantitative estimate of drug-likeness (QED) is 0.489. The molecule has 0 aliphatic carbocycles. The Morgan fingerprint density at radius 2 is 1.96 bits per heavy atom. The standard InChI is InChI=1S/C18H18ClN3O3/c1-3-25-16-9-8-13(10-14(16)19)11-20-22-18(24)17(23)21-15-7-5-4-6-12(15)2/h4-11H,3H2,1-2H3,(H,21,23)(H,22,24)/b20-11-. The summed E-state index contributed by atoms with van der Waals surface area (Å²) in [6, 6.07) is 12.3. The summed E-state index contributed by atoms with van der Waals surface area (Å²) >= 11 is 6.07. The van der Waals surface area contributed by atoms with E-state index in [1.807, 2.05) is 26.0 Å². The number of nitrogens with one attached hydrogen (secondary N) is 2. The number of ether oxygens (including phenoxy) is 1. The molecule has 0 aliphatic rings. The number of aryl methyl sites for hydroxylation is 1. The van der Waals surface area contributed by atoms with Gasteiger partial charge >= 0.3 is 11.8 Å². The molecule has 0 atom stereocenters. The van der Waals surface area contributed by atoms with Crippen molar-refractivity contribution in [2.45, 2.75) is 13.8 Å². The number of hydrazone groups is 1. The molecule has 0 aromatic heterocycles. The Hall–Kier alpha value is -2.86. The first-order valence-corrected chi connectivity index (χ1v) is 8.01. The summed E-state index contributed by atoms with van der Waals surface area (Å²) < 4.78 is 5.33. The van der Waals surface area contributed by atoms with E-state index in [-0.39, 0.29) is 0 Å². The van der Waals surface area contributed by atoms with Gasteiger partial charge in [0.15, 0.2) is 0 Å². The van der Waals surface area contributed by atoms with E-state index in [1.165, 1.54) is 6.21 Å². The number of amides is 2. The molecule has 130 valence electrons. The molecular weight excluding hydrogens is 342 g/mol. The molecule has 0 saturated carbocycles. The van der Waals surface area contributed by atoms with Crippen LogP contribution in [0.2, 0.25) is 5.02 Å². The monoisotopic (exact) mass is 359 g/mol. The second-order valence-electron chi connectivity index (χ2n) is 5.09. The third kappa shape index (κ3) is 5.32. The molecule has 2 N–H and O–H groups in total. The van der Waals surface area contributed by atoms with Crippen LogP contribution in [-0.4, -0.2) is 24.6 Å². The molecule has 0 radical (unpaired) electrons. The number of halogens is 1. The zero-order valence-corrected chi connectivity index (χ0v) is 14.6. The van der Waals surface area contributed by atoms with E-state index < -0.39 is 11.8 Å². The third-order valence-corrected chi connectivity index (χ3v) is 3.53. The largest absolute Gasteiger partial charge is 0.492 e. The smallest absolute Gasteiger partial charge is 0.329 e. The van der Waals surface area contributed by atoms with E-state index in [1.54, 1.807) is 30.3 Å². The highest BCUT2D eigenvalue weighted by molar-refractivity contribution is 6.39. The van der Waals surface area contributed by atoms with Gasteiger partial charge in [0.05, 0.1) is 17.8 Å². The topological polar surface area (TPSA) is 79.8 Å². The summed E-state index contributed by atoms with van der Waals surface area (Å²) in [5, 5.41) is 6.72. The molecule has 2 amide bonds. The van der Waals surface area contributed by atoms with Gasteiger partial charge in [-0.05, 0) is 49.2 Å². The Kier molecular flexibility index (Phi) is 6.54. The highest BCUT2D eigenvalue weighted by Crippen LogP contribution is 2.24. The van der Waals surface area contributed by atoms with Crippen LogP contribution in [0.5, 0.6) is 5.75 Å². The summed E-state index contributed by atoms with van der Waals surface area (Å²) in [7, 11) is 0. The van der Waals surface area contributed by atoms with E-state index >= 15 is 0 Å². The van der Waals surface area contributed by atoms with Crippen LogP contribution in [0.25, 0.3) is 0 Å². The zero-order valence-electron chi connectivity index (χ0n) is 13.9. The second-order valence-corrected chi connectivity index (χ2v) is 5.50. The molecule has 6 nitrogen and oxygen atoms in total. The van der Waals surface area contributed by atoms with Gasteiger partial charge in [-0.2, -0.15) is 5.10 Å². The average molecular weight is 360 g/mol. The Morgan fingerprint density at radius 1 is 1.20 bits per heavy atom. The predicted octanol–water partition coefficient (Wildman–Crippen LogP) is 3.14. The Labute approximate surface area is 150 Å². The van der Waals surface area contributed by atoms with E-state index in [9.17, 15) is 9.59 Å². The van der Waals surface area contributed by atoms with Crippen molar-refractivity contribution in [3.8, 4) is 5.75 Å². The zero-order chi connectivity index (χ0) is 18.2. The van der Waals surface area contributed by atoms with Crippen LogP contribution in [0.4, 0.5) is 5.69 Å². The van der Waals surface area contributed by atoms with E-state index in [0.717, 1.165) is 5.56 Å². The minimum atomic E-state index is -0.864. The predicted molar refractivity (Wildman–Crippen MR) is 98.2 cm³/mol. The fourth-order valence-electron chi connectivity index (χ4n) is 1.98. The van der Waals surface area contributed by atoms with Crippen LogP contribution in [-0.2, 0) is 9.59 Å². The molecule has 2 rings (SSSR count). The number of para-hydroxylation sites is 1. The first-order chi connectivity index (χ1) is 12.0. The Morgan fingerprint density at radius 3 is 2.64 bits per heavy atom. The van der Waals surface area contributed by atoms with E-state index in [2.05, 4.69) is 15.8 Å². The normalized spacial score (nSPS) is 10.5. The molecule has 0 spiro atoms. The lowest BCUT2D eigenvalue weighted by atomic mass is 10.2. The summed E-state index contributed by atoms with van der Waals surface area (Å²) in [5.41, 5.74) is 4.27. The van der Waals surface area contributed by atoms with Crippen LogP contribution in [0.1, 0.15) is 18.1 Å². The highest BCUT2D eigenvalue weighted by atomic mass is 35.5. The van der Waals surface area contributed by atoms with Gasteiger partial charge in [0.2, 0.25) is 0 Å². The molecular formula is C18H18ClN3O3. The molecule has 0 saturated heterocycles. The molecule has 7 heteroatoms. The van der Waals surface area contributed by atoms with Gasteiger partial charge < -0.3 is 10.1 Å². The summed E-state index contributed by atoms with van der Waals surface area (Å²) in [5.74, 6) is -1.09. The molecule has 0 bridgehead atoms. The second kappa shape index (κ2) is 8.84. The number of nitrogens with zero attached hydrogens (tertiary/aromatic N) is 1. The van der Waals surface area contributed by atoms with Crippen molar-refractivity contribution >= 4 is 35.3 Å². The minimum absolute atomic E-state index is 0.439. The van der Waals surface area contributed by atoms with Crippen LogP contribution < -0.4 is 15.5 Å². The first kappa shape index (κ1) is 18.5. The minimum Gasteiger partial charge on any atom is -0.492 e. The molecule has 0 aliphatic heterocycles. The van der Waals surface area contributed by atoms with Gasteiger partial charge in [0.25, 0.3) is 0 Å². The van der Waals surface area contributed by atoms with Gasteiger partial charge in [-0.3, -0.25) is 9.59 Å². The van der Waals surface area contributed by atoms with Crippen LogP contribution in [0.3, 0.4) is 0 Å². The number of hydrogen-bond donors (Lipinski definition) is 2.